The second kappa shape index (κ2) is 6.26. The van der Waals surface area contributed by atoms with Gasteiger partial charge >= 0.3 is 5.97 Å². The third-order valence-electron chi connectivity index (χ3n) is 1.57. The van der Waals surface area contributed by atoms with Gasteiger partial charge in [0.05, 0.1) is 12.2 Å². The van der Waals surface area contributed by atoms with E-state index in [1.54, 1.807) is 7.11 Å². The van der Waals surface area contributed by atoms with E-state index in [1.807, 2.05) is 0 Å². The molecule has 0 aliphatic carbocycles. The van der Waals surface area contributed by atoms with Crippen LogP contribution in [0, 0.1) is 0 Å². The zero-order chi connectivity index (χ0) is 11.1. The largest absolute Gasteiger partial charge is 0.478 e. The number of anilines is 1. The number of nitrogens with zero attached hydrogens (tertiary/aromatic N) is 1. The predicted octanol–water partition coefficient (Wildman–Crippen LogP) is 1.49. The molecule has 2 N–H and O–H groups in total. The van der Waals surface area contributed by atoms with Crippen LogP contribution in [0.3, 0.4) is 0 Å². The molecular weight excluding hydrogens is 216 g/mol. The molecule has 0 saturated heterocycles. The molecule has 0 aromatic carbocycles. The summed E-state index contributed by atoms with van der Waals surface area (Å²) in [5.74, 6) is 0.355. The number of hydrogen-bond acceptors (Lipinski definition) is 5. The summed E-state index contributed by atoms with van der Waals surface area (Å²) in [5, 5.41) is 8.74. The van der Waals surface area contributed by atoms with Crippen LogP contribution in [0.15, 0.2) is 18.3 Å². The molecule has 6 heteroatoms. The van der Waals surface area contributed by atoms with Crippen molar-refractivity contribution in [3.8, 4) is 0 Å². The Morgan fingerprint density at radius 3 is 3.20 bits per heavy atom. The van der Waals surface area contributed by atoms with Gasteiger partial charge in [-0.15, -0.1) is 0 Å². The lowest BCUT2D eigenvalue weighted by molar-refractivity contribution is 0.0697. The quantitative estimate of drug-likeness (QED) is 0.567. The monoisotopic (exact) mass is 228 g/mol. The Labute approximate surface area is 92.0 Å². The fourth-order valence-corrected chi connectivity index (χ4v) is 1.48. The van der Waals surface area contributed by atoms with E-state index in [2.05, 4.69) is 9.71 Å². The summed E-state index contributed by atoms with van der Waals surface area (Å²) in [6, 6.07) is 2.94. The standard InChI is InChI=1S/C9H12N2O3S/c1-14-4-5-15-11-8-6-7(9(12)13)2-3-10-8/h2-3,6H,4-5H2,1H3,(H,10,11)(H,12,13). The Morgan fingerprint density at radius 1 is 1.73 bits per heavy atom. The SMILES string of the molecule is COCCSNc1cc(C(=O)O)ccn1. The second-order valence-corrected chi connectivity index (χ2v) is 3.58. The number of methoxy groups -OCH3 is 1. The topological polar surface area (TPSA) is 71.5 Å². The van der Waals surface area contributed by atoms with Gasteiger partial charge < -0.3 is 14.6 Å². The molecule has 0 unspecified atom stereocenters. The molecule has 0 aliphatic rings. The first-order valence-electron chi connectivity index (χ1n) is 4.30. The minimum absolute atomic E-state index is 0.222. The molecule has 1 rings (SSSR count). The number of aromatic carboxylic acids is 1. The van der Waals surface area contributed by atoms with Gasteiger partial charge in [-0.2, -0.15) is 0 Å². The van der Waals surface area contributed by atoms with Gasteiger partial charge in [-0.3, -0.25) is 0 Å². The highest BCUT2D eigenvalue weighted by Gasteiger charge is 2.03. The van der Waals surface area contributed by atoms with Gasteiger partial charge in [0, 0.05) is 19.1 Å². The van der Waals surface area contributed by atoms with Crippen LogP contribution in [-0.2, 0) is 4.74 Å². The van der Waals surface area contributed by atoms with Gasteiger partial charge in [-0.25, -0.2) is 9.78 Å². The molecule has 0 fully saturated rings. The van der Waals surface area contributed by atoms with Gasteiger partial charge in [0.2, 0.25) is 0 Å². The van der Waals surface area contributed by atoms with Crippen molar-refractivity contribution in [1.82, 2.24) is 4.98 Å². The molecular formula is C9H12N2O3S. The maximum Gasteiger partial charge on any atom is 0.335 e. The van der Waals surface area contributed by atoms with Crippen molar-refractivity contribution in [2.75, 3.05) is 24.2 Å². The van der Waals surface area contributed by atoms with E-state index in [4.69, 9.17) is 9.84 Å². The molecule has 1 aromatic rings. The number of carbonyl (C=O) groups is 1. The highest BCUT2D eigenvalue weighted by atomic mass is 32.2. The van der Waals surface area contributed by atoms with Crippen LogP contribution < -0.4 is 4.72 Å². The molecule has 0 atom stereocenters. The van der Waals surface area contributed by atoms with E-state index < -0.39 is 5.97 Å². The zero-order valence-electron chi connectivity index (χ0n) is 8.27. The van der Waals surface area contributed by atoms with Crippen LogP contribution in [0.25, 0.3) is 0 Å². The summed E-state index contributed by atoms with van der Waals surface area (Å²) in [7, 11) is 1.63. The van der Waals surface area contributed by atoms with E-state index >= 15 is 0 Å². The van der Waals surface area contributed by atoms with Crippen LogP contribution in [0.5, 0.6) is 0 Å². The number of nitrogens with one attached hydrogen (secondary N) is 1. The van der Waals surface area contributed by atoms with Crippen molar-refractivity contribution >= 4 is 23.7 Å². The molecule has 0 aliphatic heterocycles. The smallest absolute Gasteiger partial charge is 0.335 e. The molecule has 0 saturated carbocycles. The van der Waals surface area contributed by atoms with Gasteiger partial charge in [0.1, 0.15) is 5.82 Å². The number of ether oxygens (including phenoxy) is 1. The molecule has 15 heavy (non-hydrogen) atoms. The first-order valence-corrected chi connectivity index (χ1v) is 5.28. The third-order valence-corrected chi connectivity index (χ3v) is 2.30. The Kier molecular flexibility index (Phi) is 4.92. The van der Waals surface area contributed by atoms with Crippen LogP contribution >= 0.6 is 11.9 Å². The Balaban J connectivity index is 2.47. The van der Waals surface area contributed by atoms with Crippen LogP contribution in [0.2, 0.25) is 0 Å². The fourth-order valence-electron chi connectivity index (χ4n) is 0.869. The van der Waals surface area contributed by atoms with Crippen LogP contribution in [-0.4, -0.2) is 35.5 Å². The van der Waals surface area contributed by atoms with Gasteiger partial charge in [0.25, 0.3) is 0 Å². The number of carboxylic acids is 1. The van der Waals surface area contributed by atoms with Crippen LogP contribution in [0.1, 0.15) is 10.4 Å². The number of hydrogen-bond donors (Lipinski definition) is 2. The zero-order valence-corrected chi connectivity index (χ0v) is 9.08. The van der Waals surface area contributed by atoms with Crippen molar-refractivity contribution in [2.24, 2.45) is 0 Å². The number of aromatic nitrogens is 1. The van der Waals surface area contributed by atoms with Gasteiger partial charge in [0.15, 0.2) is 0 Å². The number of pyridine rings is 1. The van der Waals surface area contributed by atoms with Gasteiger partial charge in [-0.05, 0) is 24.1 Å². The minimum atomic E-state index is -0.956. The summed E-state index contributed by atoms with van der Waals surface area (Å²) in [4.78, 5) is 14.6. The summed E-state index contributed by atoms with van der Waals surface area (Å²) >= 11 is 1.42. The summed E-state index contributed by atoms with van der Waals surface area (Å²) < 4.78 is 7.80. The molecule has 0 radical (unpaired) electrons. The summed E-state index contributed by atoms with van der Waals surface area (Å²) in [6.07, 6.45) is 1.46. The van der Waals surface area contributed by atoms with E-state index in [0.717, 1.165) is 5.75 Å². The first-order chi connectivity index (χ1) is 7.24. The lowest BCUT2D eigenvalue weighted by atomic mass is 10.3. The Bertz CT molecular complexity index is 333. The normalized spacial score (nSPS) is 9.93. The molecule has 1 aromatic heterocycles. The third kappa shape index (κ3) is 4.18. The summed E-state index contributed by atoms with van der Waals surface area (Å²) in [5.41, 5.74) is 0.222. The summed E-state index contributed by atoms with van der Waals surface area (Å²) in [6.45, 7) is 0.635. The highest BCUT2D eigenvalue weighted by molar-refractivity contribution is 8.00. The average Bonchev–Trinajstić information content (AvgIpc) is 2.25. The van der Waals surface area contributed by atoms with Crippen molar-refractivity contribution in [3.05, 3.63) is 23.9 Å². The molecule has 82 valence electrons. The molecule has 0 amide bonds. The molecule has 1 heterocycles. The minimum Gasteiger partial charge on any atom is -0.478 e. The van der Waals surface area contributed by atoms with Crippen molar-refractivity contribution in [2.45, 2.75) is 0 Å². The number of carboxylic acid groups (broad SMARTS) is 1. The van der Waals surface area contributed by atoms with Crippen molar-refractivity contribution < 1.29 is 14.6 Å². The van der Waals surface area contributed by atoms with E-state index in [9.17, 15) is 4.79 Å². The van der Waals surface area contributed by atoms with Crippen molar-refractivity contribution in [1.29, 1.82) is 0 Å². The highest BCUT2D eigenvalue weighted by Crippen LogP contribution is 2.11. The first kappa shape index (κ1) is 11.8. The molecule has 0 bridgehead atoms. The average molecular weight is 228 g/mol. The van der Waals surface area contributed by atoms with E-state index in [1.165, 1.54) is 30.3 Å². The van der Waals surface area contributed by atoms with Crippen LogP contribution in [0.4, 0.5) is 5.82 Å². The fraction of sp³-hybridized carbons (Fsp3) is 0.333. The second-order valence-electron chi connectivity index (χ2n) is 2.68. The Hall–Kier alpha value is -1.27. The maximum atomic E-state index is 10.6. The van der Waals surface area contributed by atoms with Gasteiger partial charge in [-0.1, -0.05) is 0 Å². The lowest BCUT2D eigenvalue weighted by Crippen LogP contribution is -2.00. The predicted molar refractivity (Wildman–Crippen MR) is 59.2 cm³/mol. The molecule has 5 nitrogen and oxygen atoms in total. The molecule has 0 spiro atoms. The van der Waals surface area contributed by atoms with E-state index in [0.29, 0.717) is 12.4 Å². The van der Waals surface area contributed by atoms with Crippen molar-refractivity contribution in [3.63, 3.8) is 0 Å². The number of rotatable bonds is 6. The van der Waals surface area contributed by atoms with E-state index in [-0.39, 0.29) is 5.56 Å². The Morgan fingerprint density at radius 2 is 2.53 bits per heavy atom. The maximum absolute atomic E-state index is 10.6. The lowest BCUT2D eigenvalue weighted by Gasteiger charge is -2.04.